The first-order valence-corrected chi connectivity index (χ1v) is 6.18. The number of benzene rings is 1. The summed E-state index contributed by atoms with van der Waals surface area (Å²) in [5.41, 5.74) is 4.34. The quantitative estimate of drug-likeness (QED) is 0.903. The number of carbonyl (C=O) groups excluding carboxylic acids is 1. The lowest BCUT2D eigenvalue weighted by atomic mass is 9.86. The van der Waals surface area contributed by atoms with Gasteiger partial charge in [0.25, 0.3) is 0 Å². The maximum Gasteiger partial charge on any atom is 0.243 e. The van der Waals surface area contributed by atoms with Crippen LogP contribution >= 0.6 is 0 Å². The van der Waals surface area contributed by atoms with Crippen molar-refractivity contribution in [2.45, 2.75) is 13.8 Å². The van der Waals surface area contributed by atoms with Crippen molar-refractivity contribution in [1.82, 2.24) is 5.43 Å². The average molecular weight is 262 g/mol. The zero-order valence-electron chi connectivity index (χ0n) is 11.6. The van der Waals surface area contributed by atoms with Gasteiger partial charge in [-0.25, -0.2) is 5.43 Å². The zero-order valence-corrected chi connectivity index (χ0v) is 11.6. The number of methoxy groups -OCH3 is 2. The third-order valence-corrected chi connectivity index (χ3v) is 3.56. The number of hydrogen-bond donors (Lipinski definition) is 1. The molecule has 0 fully saturated rings. The van der Waals surface area contributed by atoms with Gasteiger partial charge >= 0.3 is 0 Å². The van der Waals surface area contributed by atoms with E-state index in [1.165, 1.54) is 0 Å². The van der Waals surface area contributed by atoms with E-state index >= 15 is 0 Å². The average Bonchev–Trinajstić information content (AvgIpc) is 2.44. The largest absolute Gasteiger partial charge is 0.493 e. The molecule has 1 N–H and O–H groups in total. The van der Waals surface area contributed by atoms with Crippen LogP contribution in [0.3, 0.4) is 0 Å². The molecule has 0 aromatic heterocycles. The summed E-state index contributed by atoms with van der Waals surface area (Å²) < 4.78 is 10.5. The lowest BCUT2D eigenvalue weighted by Crippen LogP contribution is -2.39. The van der Waals surface area contributed by atoms with E-state index in [2.05, 4.69) is 10.5 Å². The molecule has 0 unspecified atom stereocenters. The Hall–Kier alpha value is -2.04. The molecule has 0 saturated heterocycles. The van der Waals surface area contributed by atoms with Crippen molar-refractivity contribution in [2.75, 3.05) is 14.2 Å². The second-order valence-corrected chi connectivity index (χ2v) is 4.62. The molecule has 0 spiro atoms. The zero-order chi connectivity index (χ0) is 14.0. The maximum absolute atomic E-state index is 11.5. The van der Waals surface area contributed by atoms with Crippen LogP contribution in [0.1, 0.15) is 19.4 Å². The third-order valence-electron chi connectivity index (χ3n) is 3.56. The molecule has 0 aliphatic carbocycles. The van der Waals surface area contributed by atoms with Crippen LogP contribution in [0.4, 0.5) is 0 Å². The van der Waals surface area contributed by atoms with Gasteiger partial charge in [-0.1, -0.05) is 13.8 Å². The lowest BCUT2D eigenvalue weighted by molar-refractivity contribution is -0.125. The van der Waals surface area contributed by atoms with Crippen molar-refractivity contribution in [3.05, 3.63) is 23.8 Å². The van der Waals surface area contributed by atoms with Crippen molar-refractivity contribution in [2.24, 2.45) is 16.9 Å². The number of hydrazone groups is 1. The van der Waals surface area contributed by atoms with Crippen LogP contribution in [0.5, 0.6) is 11.5 Å². The highest BCUT2D eigenvalue weighted by Crippen LogP contribution is 2.30. The molecule has 0 bridgehead atoms. The highest BCUT2D eigenvalue weighted by Gasteiger charge is 2.29. The van der Waals surface area contributed by atoms with E-state index in [0.29, 0.717) is 11.5 Å². The first kappa shape index (κ1) is 13.4. The van der Waals surface area contributed by atoms with Gasteiger partial charge < -0.3 is 9.47 Å². The molecule has 2 rings (SSSR count). The van der Waals surface area contributed by atoms with Crippen LogP contribution in [0.25, 0.3) is 0 Å². The van der Waals surface area contributed by atoms with Gasteiger partial charge in [-0.05, 0) is 18.2 Å². The van der Waals surface area contributed by atoms with Crippen LogP contribution in [0, 0.1) is 11.8 Å². The predicted octanol–water partition coefficient (Wildman–Crippen LogP) is 1.81. The standard InChI is InChI=1S/C14H18N2O3/c1-8-9(2)14(17)16-15-13(8)10-5-6-11(18-3)12(7-10)19-4/h5-9H,1-4H3,(H,16,17)/t8-,9+/m1/s1. The molecular formula is C14H18N2O3. The van der Waals surface area contributed by atoms with Crippen molar-refractivity contribution in [1.29, 1.82) is 0 Å². The van der Waals surface area contributed by atoms with Gasteiger partial charge in [0, 0.05) is 17.4 Å². The Morgan fingerprint density at radius 1 is 1.11 bits per heavy atom. The molecule has 0 saturated carbocycles. The predicted molar refractivity (Wildman–Crippen MR) is 72.6 cm³/mol. The number of rotatable bonds is 3. The second kappa shape index (κ2) is 5.30. The van der Waals surface area contributed by atoms with Gasteiger partial charge in [0.1, 0.15) is 0 Å². The van der Waals surface area contributed by atoms with Gasteiger partial charge in [0.15, 0.2) is 11.5 Å². The van der Waals surface area contributed by atoms with Crippen molar-refractivity contribution < 1.29 is 14.3 Å². The Morgan fingerprint density at radius 3 is 2.42 bits per heavy atom. The normalized spacial score (nSPS) is 22.5. The Bertz CT molecular complexity index is 525. The van der Waals surface area contributed by atoms with Crippen LogP contribution < -0.4 is 14.9 Å². The molecule has 1 amide bonds. The van der Waals surface area contributed by atoms with E-state index in [9.17, 15) is 4.79 Å². The molecule has 102 valence electrons. The summed E-state index contributed by atoms with van der Waals surface area (Å²) >= 11 is 0. The van der Waals surface area contributed by atoms with Gasteiger partial charge in [-0.15, -0.1) is 0 Å². The summed E-state index contributed by atoms with van der Waals surface area (Å²) in [6, 6.07) is 5.63. The fourth-order valence-electron chi connectivity index (χ4n) is 2.11. The van der Waals surface area contributed by atoms with Gasteiger partial charge in [0.05, 0.1) is 19.9 Å². The number of amides is 1. The number of ether oxygens (including phenoxy) is 2. The van der Waals surface area contributed by atoms with Crippen LogP contribution in [0.15, 0.2) is 23.3 Å². The Morgan fingerprint density at radius 2 is 1.79 bits per heavy atom. The molecule has 1 heterocycles. The van der Waals surface area contributed by atoms with E-state index in [1.54, 1.807) is 14.2 Å². The van der Waals surface area contributed by atoms with Gasteiger partial charge in [0.2, 0.25) is 5.91 Å². The van der Waals surface area contributed by atoms with Crippen molar-refractivity contribution in [3.63, 3.8) is 0 Å². The minimum atomic E-state index is -0.0967. The summed E-state index contributed by atoms with van der Waals surface area (Å²) in [6.45, 7) is 3.90. The molecule has 1 aliphatic rings. The molecule has 5 nitrogen and oxygen atoms in total. The number of nitrogens with zero attached hydrogens (tertiary/aromatic N) is 1. The molecule has 2 atom stereocenters. The van der Waals surface area contributed by atoms with Crippen molar-refractivity contribution in [3.8, 4) is 11.5 Å². The molecule has 5 heteroatoms. The van der Waals surface area contributed by atoms with Gasteiger partial charge in [-0.3, -0.25) is 4.79 Å². The SMILES string of the molecule is COc1ccc(C2=NNC(=O)[C@@H](C)[C@H]2C)cc1OC. The summed E-state index contributed by atoms with van der Waals surface area (Å²) in [4.78, 5) is 11.5. The van der Waals surface area contributed by atoms with E-state index in [0.717, 1.165) is 11.3 Å². The fourth-order valence-corrected chi connectivity index (χ4v) is 2.11. The summed E-state index contributed by atoms with van der Waals surface area (Å²) in [5, 5.41) is 4.16. The third kappa shape index (κ3) is 2.41. The smallest absolute Gasteiger partial charge is 0.243 e. The summed E-state index contributed by atoms with van der Waals surface area (Å²) in [5.74, 6) is 1.25. The molecular weight excluding hydrogens is 244 g/mol. The van der Waals surface area contributed by atoms with Crippen LogP contribution in [0.2, 0.25) is 0 Å². The molecule has 1 aromatic carbocycles. The summed E-state index contributed by atoms with van der Waals surface area (Å²) in [6.07, 6.45) is 0. The van der Waals surface area contributed by atoms with E-state index in [4.69, 9.17) is 9.47 Å². The van der Waals surface area contributed by atoms with E-state index in [-0.39, 0.29) is 17.7 Å². The monoisotopic (exact) mass is 262 g/mol. The Labute approximate surface area is 112 Å². The fraction of sp³-hybridized carbons (Fsp3) is 0.429. The Kier molecular flexibility index (Phi) is 3.74. The number of nitrogens with one attached hydrogen (secondary N) is 1. The molecule has 1 aromatic rings. The molecule has 19 heavy (non-hydrogen) atoms. The molecule has 1 aliphatic heterocycles. The highest BCUT2D eigenvalue weighted by molar-refractivity contribution is 6.06. The number of carbonyl (C=O) groups is 1. The minimum Gasteiger partial charge on any atom is -0.493 e. The summed E-state index contributed by atoms with van der Waals surface area (Å²) in [7, 11) is 3.19. The first-order valence-electron chi connectivity index (χ1n) is 6.18. The number of hydrogen-bond acceptors (Lipinski definition) is 4. The lowest BCUT2D eigenvalue weighted by Gasteiger charge is -2.25. The maximum atomic E-state index is 11.5. The van der Waals surface area contributed by atoms with E-state index in [1.807, 2.05) is 32.0 Å². The van der Waals surface area contributed by atoms with Crippen LogP contribution in [-0.2, 0) is 4.79 Å². The first-order chi connectivity index (χ1) is 9.08. The topological polar surface area (TPSA) is 59.9 Å². The van der Waals surface area contributed by atoms with Crippen molar-refractivity contribution >= 4 is 11.6 Å². The molecule has 0 radical (unpaired) electrons. The van der Waals surface area contributed by atoms with E-state index < -0.39 is 0 Å². The van der Waals surface area contributed by atoms with Crippen LogP contribution in [-0.4, -0.2) is 25.8 Å². The Balaban J connectivity index is 2.39. The van der Waals surface area contributed by atoms with Gasteiger partial charge in [-0.2, -0.15) is 5.10 Å². The highest BCUT2D eigenvalue weighted by atomic mass is 16.5. The second-order valence-electron chi connectivity index (χ2n) is 4.62. The minimum absolute atomic E-state index is 0.0447.